The molecule has 2 aromatic carbocycles. The Morgan fingerprint density at radius 3 is 2.37 bits per heavy atom. The van der Waals surface area contributed by atoms with Crippen LogP contribution >= 0.6 is 11.8 Å². The SMILES string of the molecule is CC(=O)Nc1ccc(SC(CCCCc2ccccc2)CC(=O)NO)cc1. The number of thioether (sulfide) groups is 1. The highest BCUT2D eigenvalue weighted by atomic mass is 32.2. The standard InChI is InChI=1S/C21H26N2O3S/c1-16(24)22-18-11-13-19(14-12-18)27-20(15-21(25)23-26)10-6-5-9-17-7-3-2-4-8-17/h2-4,7-8,11-14,20,26H,5-6,9-10,15H2,1H3,(H,22,24)(H,23,25). The number of aryl methyl sites for hydroxylation is 1. The number of carbonyl (C=O) groups excluding carboxylic acids is 2. The van der Waals surface area contributed by atoms with Gasteiger partial charge in [0.2, 0.25) is 11.8 Å². The van der Waals surface area contributed by atoms with Gasteiger partial charge >= 0.3 is 0 Å². The van der Waals surface area contributed by atoms with Crippen molar-refractivity contribution in [2.75, 3.05) is 5.32 Å². The van der Waals surface area contributed by atoms with Gasteiger partial charge < -0.3 is 5.32 Å². The maximum Gasteiger partial charge on any atom is 0.244 e. The number of hydrogen-bond acceptors (Lipinski definition) is 4. The van der Waals surface area contributed by atoms with Gasteiger partial charge in [-0.05, 0) is 49.1 Å². The van der Waals surface area contributed by atoms with E-state index in [1.807, 2.05) is 42.5 Å². The van der Waals surface area contributed by atoms with E-state index >= 15 is 0 Å². The summed E-state index contributed by atoms with van der Waals surface area (Å²) in [5.74, 6) is -0.475. The lowest BCUT2D eigenvalue weighted by molar-refractivity contribution is -0.129. The van der Waals surface area contributed by atoms with Crippen LogP contribution in [0.5, 0.6) is 0 Å². The molecule has 0 bridgehead atoms. The molecule has 2 aromatic rings. The van der Waals surface area contributed by atoms with Crippen molar-refractivity contribution in [2.24, 2.45) is 0 Å². The lowest BCUT2D eigenvalue weighted by Crippen LogP contribution is -2.23. The van der Waals surface area contributed by atoms with Crippen LogP contribution in [0.2, 0.25) is 0 Å². The van der Waals surface area contributed by atoms with Crippen molar-refractivity contribution in [1.29, 1.82) is 0 Å². The average Bonchev–Trinajstić information content (AvgIpc) is 2.67. The first kappa shape index (κ1) is 21.0. The molecule has 3 N–H and O–H groups in total. The highest BCUT2D eigenvalue weighted by Gasteiger charge is 2.15. The number of rotatable bonds is 10. The minimum atomic E-state index is -0.370. The topological polar surface area (TPSA) is 78.4 Å². The Bertz CT molecular complexity index is 720. The minimum Gasteiger partial charge on any atom is -0.326 e. The molecular formula is C21H26N2O3S. The molecule has 5 nitrogen and oxygen atoms in total. The molecule has 0 aromatic heterocycles. The van der Waals surface area contributed by atoms with Crippen LogP contribution in [0.15, 0.2) is 59.5 Å². The Morgan fingerprint density at radius 1 is 1.04 bits per heavy atom. The summed E-state index contributed by atoms with van der Waals surface area (Å²) in [6.07, 6.45) is 4.24. The Kier molecular flexibility index (Phi) is 8.87. The third-order valence-electron chi connectivity index (χ3n) is 4.10. The zero-order valence-corrected chi connectivity index (χ0v) is 16.3. The van der Waals surface area contributed by atoms with Gasteiger partial charge in [-0.2, -0.15) is 0 Å². The van der Waals surface area contributed by atoms with Gasteiger partial charge in [0.15, 0.2) is 0 Å². The van der Waals surface area contributed by atoms with Crippen molar-refractivity contribution in [2.45, 2.75) is 49.2 Å². The highest BCUT2D eigenvalue weighted by Crippen LogP contribution is 2.30. The van der Waals surface area contributed by atoms with E-state index < -0.39 is 0 Å². The molecule has 1 unspecified atom stereocenters. The minimum absolute atomic E-state index is 0.0829. The molecule has 0 aliphatic rings. The normalized spacial score (nSPS) is 11.6. The molecule has 27 heavy (non-hydrogen) atoms. The van der Waals surface area contributed by atoms with E-state index in [0.717, 1.165) is 36.3 Å². The molecular weight excluding hydrogens is 360 g/mol. The van der Waals surface area contributed by atoms with Crippen molar-refractivity contribution in [3.63, 3.8) is 0 Å². The van der Waals surface area contributed by atoms with Crippen molar-refractivity contribution < 1.29 is 14.8 Å². The zero-order valence-electron chi connectivity index (χ0n) is 15.5. The molecule has 0 radical (unpaired) electrons. The largest absolute Gasteiger partial charge is 0.326 e. The number of hydroxylamine groups is 1. The van der Waals surface area contributed by atoms with E-state index in [1.54, 1.807) is 17.2 Å². The number of carbonyl (C=O) groups is 2. The summed E-state index contributed by atoms with van der Waals surface area (Å²) in [4.78, 5) is 23.7. The fourth-order valence-corrected chi connectivity index (χ4v) is 4.01. The second-order valence-corrected chi connectivity index (χ2v) is 7.79. The maximum atomic E-state index is 11.6. The summed E-state index contributed by atoms with van der Waals surface area (Å²) in [5, 5.41) is 11.7. The van der Waals surface area contributed by atoms with Gasteiger partial charge in [-0.15, -0.1) is 11.8 Å². The fourth-order valence-electron chi connectivity index (χ4n) is 2.81. The van der Waals surface area contributed by atoms with Crippen LogP contribution in [0.25, 0.3) is 0 Å². The van der Waals surface area contributed by atoms with Crippen molar-refractivity contribution >= 4 is 29.3 Å². The van der Waals surface area contributed by atoms with Gasteiger partial charge in [-0.3, -0.25) is 14.8 Å². The summed E-state index contributed by atoms with van der Waals surface area (Å²) >= 11 is 1.62. The van der Waals surface area contributed by atoms with E-state index in [1.165, 1.54) is 12.5 Å². The molecule has 0 fully saturated rings. The first-order chi connectivity index (χ1) is 13.1. The van der Waals surface area contributed by atoms with E-state index in [9.17, 15) is 9.59 Å². The van der Waals surface area contributed by atoms with E-state index in [2.05, 4.69) is 17.4 Å². The number of amides is 2. The van der Waals surface area contributed by atoms with Gasteiger partial charge in [0.1, 0.15) is 0 Å². The van der Waals surface area contributed by atoms with Gasteiger partial charge in [-0.1, -0.05) is 36.8 Å². The second kappa shape index (κ2) is 11.4. The molecule has 0 aliphatic heterocycles. The molecule has 0 saturated carbocycles. The van der Waals surface area contributed by atoms with Gasteiger partial charge in [0.25, 0.3) is 0 Å². The molecule has 2 amide bonds. The number of anilines is 1. The number of hydrogen-bond donors (Lipinski definition) is 3. The van der Waals surface area contributed by atoms with Crippen LogP contribution in [0.1, 0.15) is 38.2 Å². The van der Waals surface area contributed by atoms with Gasteiger partial charge in [-0.25, -0.2) is 5.48 Å². The van der Waals surface area contributed by atoms with Crippen LogP contribution in [0, 0.1) is 0 Å². The molecule has 1 atom stereocenters. The third kappa shape index (κ3) is 8.28. The lowest BCUT2D eigenvalue weighted by atomic mass is 10.1. The van der Waals surface area contributed by atoms with Gasteiger partial charge in [0, 0.05) is 29.2 Å². The smallest absolute Gasteiger partial charge is 0.244 e. The summed E-state index contributed by atoms with van der Waals surface area (Å²) in [6.45, 7) is 1.47. The van der Waals surface area contributed by atoms with Crippen LogP contribution in [0.4, 0.5) is 5.69 Å². The van der Waals surface area contributed by atoms with Crippen LogP contribution in [0.3, 0.4) is 0 Å². The fraction of sp³-hybridized carbons (Fsp3) is 0.333. The summed E-state index contributed by atoms with van der Waals surface area (Å²) in [7, 11) is 0. The Labute approximate surface area is 164 Å². The van der Waals surface area contributed by atoms with Crippen LogP contribution in [-0.2, 0) is 16.0 Å². The first-order valence-corrected chi connectivity index (χ1v) is 9.96. The molecule has 2 rings (SSSR count). The molecule has 0 spiro atoms. The van der Waals surface area contributed by atoms with Gasteiger partial charge in [0.05, 0.1) is 0 Å². The Morgan fingerprint density at radius 2 is 1.74 bits per heavy atom. The second-order valence-electron chi connectivity index (χ2n) is 6.42. The van der Waals surface area contributed by atoms with Crippen molar-refractivity contribution in [1.82, 2.24) is 5.48 Å². The maximum absolute atomic E-state index is 11.6. The average molecular weight is 387 g/mol. The van der Waals surface area contributed by atoms with Crippen LogP contribution < -0.4 is 10.8 Å². The molecule has 0 aliphatic carbocycles. The summed E-state index contributed by atoms with van der Waals surface area (Å²) in [5.41, 5.74) is 3.80. The highest BCUT2D eigenvalue weighted by molar-refractivity contribution is 8.00. The number of benzene rings is 2. The molecule has 0 heterocycles. The summed E-state index contributed by atoms with van der Waals surface area (Å²) < 4.78 is 0. The summed E-state index contributed by atoms with van der Waals surface area (Å²) in [6, 6.07) is 17.9. The van der Waals surface area contributed by atoms with E-state index in [-0.39, 0.29) is 23.5 Å². The van der Waals surface area contributed by atoms with Crippen molar-refractivity contribution in [3.8, 4) is 0 Å². The quantitative estimate of drug-likeness (QED) is 0.245. The zero-order chi connectivity index (χ0) is 19.5. The number of unbranched alkanes of at least 4 members (excludes halogenated alkanes) is 1. The number of nitrogens with one attached hydrogen (secondary N) is 2. The Balaban J connectivity index is 1.87. The molecule has 144 valence electrons. The van der Waals surface area contributed by atoms with E-state index in [4.69, 9.17) is 5.21 Å². The lowest BCUT2D eigenvalue weighted by Gasteiger charge is -2.16. The van der Waals surface area contributed by atoms with Crippen molar-refractivity contribution in [3.05, 3.63) is 60.2 Å². The van der Waals surface area contributed by atoms with Crippen LogP contribution in [-0.4, -0.2) is 22.3 Å². The predicted molar refractivity (Wildman–Crippen MR) is 109 cm³/mol. The molecule has 0 saturated heterocycles. The molecule has 6 heteroatoms. The Hall–Kier alpha value is -2.31. The first-order valence-electron chi connectivity index (χ1n) is 9.08. The predicted octanol–water partition coefficient (Wildman–Crippen LogP) is 4.41. The monoisotopic (exact) mass is 386 g/mol. The van der Waals surface area contributed by atoms with E-state index in [0.29, 0.717) is 0 Å². The third-order valence-corrected chi connectivity index (χ3v) is 5.38.